The predicted octanol–water partition coefficient (Wildman–Crippen LogP) is 10.3. The lowest BCUT2D eigenvalue weighted by Crippen LogP contribution is -2.37. The van der Waals surface area contributed by atoms with Gasteiger partial charge in [-0.15, -0.1) is 0 Å². The van der Waals surface area contributed by atoms with Crippen molar-refractivity contribution in [2.75, 3.05) is 23.7 Å². The first kappa shape index (κ1) is 35.2. The molecular formula is C39H46F3N3O3. The van der Waals surface area contributed by atoms with Gasteiger partial charge in [0.1, 0.15) is 0 Å². The number of hydrogen-bond donors (Lipinski definition) is 3. The fraction of sp³-hybridized carbons (Fsp3) is 0.436. The van der Waals surface area contributed by atoms with E-state index in [0.29, 0.717) is 5.69 Å². The molecule has 0 bridgehead atoms. The van der Waals surface area contributed by atoms with Crippen LogP contribution in [0.25, 0.3) is 6.08 Å². The third kappa shape index (κ3) is 10.2. The van der Waals surface area contributed by atoms with Crippen LogP contribution >= 0.6 is 0 Å². The highest BCUT2D eigenvalue weighted by Crippen LogP contribution is 2.42. The lowest BCUT2D eigenvalue weighted by Gasteiger charge is -2.38. The molecule has 1 atom stereocenters. The van der Waals surface area contributed by atoms with Crippen molar-refractivity contribution in [3.8, 4) is 0 Å². The highest BCUT2D eigenvalue weighted by atomic mass is 19.4. The minimum absolute atomic E-state index is 0.225. The molecule has 1 saturated heterocycles. The Bertz CT molecular complexity index is 1550. The second-order valence-corrected chi connectivity index (χ2v) is 13.2. The van der Waals surface area contributed by atoms with E-state index in [1.807, 2.05) is 12.1 Å². The average Bonchev–Trinajstić information content (AvgIpc) is 3.41. The van der Waals surface area contributed by atoms with Crippen LogP contribution in [0.1, 0.15) is 98.9 Å². The van der Waals surface area contributed by atoms with Crippen molar-refractivity contribution < 1.29 is 27.9 Å². The number of piperidine rings is 1. The molecule has 3 N–H and O–H groups in total. The van der Waals surface area contributed by atoms with Crippen molar-refractivity contribution >= 4 is 29.5 Å². The molecule has 0 spiro atoms. The minimum Gasteiger partial charge on any atom is -0.481 e. The van der Waals surface area contributed by atoms with Gasteiger partial charge >= 0.3 is 18.2 Å². The van der Waals surface area contributed by atoms with Crippen LogP contribution in [0.2, 0.25) is 0 Å². The number of nitrogens with one attached hydrogen (secondary N) is 2. The van der Waals surface area contributed by atoms with Gasteiger partial charge in [-0.25, -0.2) is 4.79 Å². The number of hydrogen-bond acceptors (Lipinski definition) is 3. The lowest BCUT2D eigenvalue weighted by molar-refractivity contribution is -0.138. The van der Waals surface area contributed by atoms with Crippen LogP contribution in [0.3, 0.4) is 0 Å². The molecule has 0 aromatic heterocycles. The maximum Gasteiger partial charge on any atom is 0.416 e. The van der Waals surface area contributed by atoms with Gasteiger partial charge in [0.05, 0.1) is 11.6 Å². The number of urea groups is 1. The largest absolute Gasteiger partial charge is 0.481 e. The normalized spacial score (nSPS) is 16.7. The fourth-order valence-corrected chi connectivity index (χ4v) is 7.07. The van der Waals surface area contributed by atoms with Crippen molar-refractivity contribution in [3.05, 3.63) is 101 Å². The van der Waals surface area contributed by atoms with Gasteiger partial charge in [0.15, 0.2) is 0 Å². The van der Waals surface area contributed by atoms with E-state index in [4.69, 9.17) is 5.11 Å². The van der Waals surface area contributed by atoms with E-state index in [1.54, 1.807) is 6.07 Å². The van der Waals surface area contributed by atoms with E-state index in [1.165, 1.54) is 73.8 Å². The van der Waals surface area contributed by atoms with Crippen LogP contribution in [0.4, 0.5) is 29.3 Å². The monoisotopic (exact) mass is 661 g/mol. The number of benzene rings is 3. The summed E-state index contributed by atoms with van der Waals surface area (Å²) < 4.78 is 38.6. The van der Waals surface area contributed by atoms with E-state index in [9.17, 15) is 22.8 Å². The van der Waals surface area contributed by atoms with E-state index in [-0.39, 0.29) is 18.2 Å². The first-order chi connectivity index (χ1) is 23.2. The highest BCUT2D eigenvalue weighted by Gasteiger charge is 2.33. The number of rotatable bonds is 15. The molecule has 256 valence electrons. The SMILES string of the molecule is O=C(O)CCCCCCCCCC1CCN(C2C(Cc3cccc(NC(=O)Nc4ccc(C(F)(F)F)cc4)c3)=Cc3ccccc32)CC1. The number of anilines is 2. The zero-order valence-corrected chi connectivity index (χ0v) is 27.4. The van der Waals surface area contributed by atoms with Gasteiger partial charge in [-0.2, -0.15) is 13.2 Å². The van der Waals surface area contributed by atoms with E-state index >= 15 is 0 Å². The molecule has 1 fully saturated rings. The standard InChI is InChI=1S/C39H46F3N3O3/c40-39(41,42)32-17-19-33(20-18-32)43-38(48)44-34-14-10-12-29(26-34)25-31-27-30-13-8-9-15-35(30)37(31)45-23-21-28(22-24-45)11-6-4-2-1-3-5-7-16-36(46)47/h8-10,12-15,17-20,26-28,37H,1-7,11,16,21-25H2,(H,46,47)(H2,43,44,48). The van der Waals surface area contributed by atoms with Crippen LogP contribution in [-0.4, -0.2) is 35.1 Å². The van der Waals surface area contributed by atoms with E-state index in [2.05, 4.69) is 51.9 Å². The number of carboxylic acids is 1. The molecule has 1 unspecified atom stereocenters. The number of alkyl halides is 3. The first-order valence-electron chi connectivity index (χ1n) is 17.2. The molecule has 6 nitrogen and oxygen atoms in total. The smallest absolute Gasteiger partial charge is 0.416 e. The summed E-state index contributed by atoms with van der Waals surface area (Å²) in [6.45, 7) is 2.13. The van der Waals surface area contributed by atoms with Crippen molar-refractivity contribution in [2.24, 2.45) is 5.92 Å². The molecule has 3 aromatic rings. The second-order valence-electron chi connectivity index (χ2n) is 13.2. The molecule has 0 saturated carbocycles. The Kier molecular flexibility index (Phi) is 12.3. The Morgan fingerprint density at radius 2 is 1.46 bits per heavy atom. The molecule has 48 heavy (non-hydrogen) atoms. The molecule has 1 aliphatic carbocycles. The third-order valence-corrected chi connectivity index (χ3v) is 9.56. The Morgan fingerprint density at radius 1 is 0.792 bits per heavy atom. The lowest BCUT2D eigenvalue weighted by atomic mass is 9.88. The van der Waals surface area contributed by atoms with Crippen LogP contribution in [0, 0.1) is 5.92 Å². The van der Waals surface area contributed by atoms with Crippen LogP contribution in [0.5, 0.6) is 0 Å². The maximum absolute atomic E-state index is 12.9. The van der Waals surface area contributed by atoms with Crippen molar-refractivity contribution in [1.82, 2.24) is 4.90 Å². The molecule has 2 aliphatic rings. The van der Waals surface area contributed by atoms with Crippen molar-refractivity contribution in [2.45, 2.75) is 89.3 Å². The number of unbranched alkanes of at least 4 members (excludes halogenated alkanes) is 6. The summed E-state index contributed by atoms with van der Waals surface area (Å²) in [5.74, 6) is 0.0641. The van der Waals surface area contributed by atoms with Gasteiger partial charge < -0.3 is 15.7 Å². The summed E-state index contributed by atoms with van der Waals surface area (Å²) in [5, 5.41) is 14.2. The molecule has 1 heterocycles. The third-order valence-electron chi connectivity index (χ3n) is 9.56. The number of likely N-dealkylation sites (tertiary alicyclic amines) is 1. The molecule has 9 heteroatoms. The summed E-state index contributed by atoms with van der Waals surface area (Å²) in [6, 6.07) is 20.4. The molecule has 5 rings (SSSR count). The fourth-order valence-electron chi connectivity index (χ4n) is 7.07. The summed E-state index contributed by atoms with van der Waals surface area (Å²) in [4.78, 5) is 25.9. The summed E-state index contributed by atoms with van der Waals surface area (Å²) in [6.07, 6.45) is 10.5. The van der Waals surface area contributed by atoms with Gasteiger partial charge in [-0.05, 0) is 103 Å². The Labute approximate surface area is 281 Å². The Balaban J connectivity index is 1.11. The van der Waals surface area contributed by atoms with Gasteiger partial charge in [-0.3, -0.25) is 9.69 Å². The van der Waals surface area contributed by atoms with Gasteiger partial charge in [0.25, 0.3) is 0 Å². The maximum atomic E-state index is 12.9. The number of carbonyl (C=O) groups excluding carboxylic acids is 1. The Morgan fingerprint density at radius 3 is 2.17 bits per heavy atom. The van der Waals surface area contributed by atoms with Crippen LogP contribution in [0.15, 0.2) is 78.4 Å². The zero-order chi connectivity index (χ0) is 33.9. The zero-order valence-electron chi connectivity index (χ0n) is 27.4. The first-order valence-corrected chi connectivity index (χ1v) is 17.2. The molecule has 1 aliphatic heterocycles. The number of carbonyl (C=O) groups is 2. The highest BCUT2D eigenvalue weighted by molar-refractivity contribution is 5.99. The van der Waals surface area contributed by atoms with Gasteiger partial charge in [-0.1, -0.05) is 87.4 Å². The average molecular weight is 662 g/mol. The number of halogens is 3. The van der Waals surface area contributed by atoms with Crippen LogP contribution < -0.4 is 10.6 Å². The molecule has 2 amide bonds. The summed E-state index contributed by atoms with van der Waals surface area (Å²) in [5.41, 5.74) is 5.14. The topological polar surface area (TPSA) is 81.7 Å². The number of aliphatic carboxylic acids is 1. The Hall–Kier alpha value is -4.11. The van der Waals surface area contributed by atoms with Crippen molar-refractivity contribution in [1.29, 1.82) is 0 Å². The quantitative estimate of drug-likeness (QED) is 0.142. The van der Waals surface area contributed by atoms with E-state index in [0.717, 1.165) is 62.4 Å². The second kappa shape index (κ2) is 16.8. The molecule has 3 aromatic carbocycles. The molecule has 0 radical (unpaired) electrons. The van der Waals surface area contributed by atoms with Gasteiger partial charge in [0.2, 0.25) is 0 Å². The number of amides is 2. The summed E-state index contributed by atoms with van der Waals surface area (Å²) >= 11 is 0. The summed E-state index contributed by atoms with van der Waals surface area (Å²) in [7, 11) is 0. The minimum atomic E-state index is -4.43. The van der Waals surface area contributed by atoms with E-state index < -0.39 is 23.7 Å². The predicted molar refractivity (Wildman–Crippen MR) is 185 cm³/mol. The van der Waals surface area contributed by atoms with Crippen molar-refractivity contribution in [3.63, 3.8) is 0 Å². The number of fused-ring (bicyclic) bond motifs is 1. The molecular weight excluding hydrogens is 615 g/mol. The van der Waals surface area contributed by atoms with Gasteiger partial charge in [0, 0.05) is 17.8 Å². The number of nitrogens with zero attached hydrogens (tertiary/aromatic N) is 1. The van der Waals surface area contributed by atoms with Crippen LogP contribution in [-0.2, 0) is 17.4 Å². The number of carboxylic acid groups (broad SMARTS) is 1.